The number of aromatic nitrogens is 6. The number of carbonyl (C=O) groups excluding carboxylic acids is 3. The molecule has 218 valence electrons. The summed E-state index contributed by atoms with van der Waals surface area (Å²) in [5.74, 6) is -2.65. The Hall–Kier alpha value is -4.71. The maximum atomic E-state index is 13.4. The molecule has 0 saturated carbocycles. The summed E-state index contributed by atoms with van der Waals surface area (Å²) in [4.78, 5) is 73.2. The lowest BCUT2D eigenvalue weighted by atomic mass is 10.0. The maximum Gasteiger partial charge on any atom is 0.352 e. The van der Waals surface area contributed by atoms with Crippen molar-refractivity contribution in [2.45, 2.75) is 22.6 Å². The van der Waals surface area contributed by atoms with Gasteiger partial charge in [-0.1, -0.05) is 42.1 Å². The van der Waals surface area contributed by atoms with Gasteiger partial charge in [-0.25, -0.2) is 9.48 Å². The summed E-state index contributed by atoms with van der Waals surface area (Å²) in [6.45, 7) is -0.576. The average molecular weight is 614 g/mol. The van der Waals surface area contributed by atoms with Crippen molar-refractivity contribution in [2.24, 2.45) is 7.05 Å². The van der Waals surface area contributed by atoms with Crippen LogP contribution in [-0.2, 0) is 26.2 Å². The zero-order chi connectivity index (χ0) is 29.8. The Labute approximate surface area is 245 Å². The molecule has 0 aliphatic carbocycles. The number of fused-ring (bicyclic) bond motifs is 1. The van der Waals surface area contributed by atoms with E-state index in [1.165, 1.54) is 45.5 Å². The highest BCUT2D eigenvalue weighted by Gasteiger charge is 2.54. The molecular formula is C24H23N9O7S2. The zero-order valence-corrected chi connectivity index (χ0v) is 23.4. The Balaban J connectivity index is 1.27. The fraction of sp³-hybridized carbons (Fsp3) is 0.292. The lowest BCUT2D eigenvalue weighted by Crippen LogP contribution is -2.71. The topological polar surface area (TPSA) is 204 Å². The molecule has 5 rings (SSSR count). The van der Waals surface area contributed by atoms with E-state index in [0.717, 1.165) is 10.9 Å². The Morgan fingerprint density at radius 1 is 1.24 bits per heavy atom. The minimum absolute atomic E-state index is 0.131. The molecule has 1 fully saturated rings. The molecule has 3 amide bonds. The average Bonchev–Trinajstić information content (AvgIpc) is 3.41. The van der Waals surface area contributed by atoms with Crippen molar-refractivity contribution in [1.82, 2.24) is 45.5 Å². The summed E-state index contributed by atoms with van der Waals surface area (Å²) >= 11 is 2.56. The third-order valence-corrected chi connectivity index (χ3v) is 8.67. The summed E-state index contributed by atoms with van der Waals surface area (Å²) < 4.78 is 2.29. The van der Waals surface area contributed by atoms with Gasteiger partial charge in [-0.05, 0) is 21.6 Å². The Kier molecular flexibility index (Phi) is 8.53. The maximum absolute atomic E-state index is 13.4. The molecule has 2 unspecified atom stereocenters. The molecule has 1 aromatic carbocycles. The second kappa shape index (κ2) is 12.4. The molecule has 16 nitrogen and oxygen atoms in total. The van der Waals surface area contributed by atoms with Gasteiger partial charge in [0.25, 0.3) is 11.8 Å². The third kappa shape index (κ3) is 5.98. The predicted octanol–water partition coefficient (Wildman–Crippen LogP) is -1.42. The number of hydrogen-bond acceptors (Lipinski definition) is 12. The van der Waals surface area contributed by atoms with Crippen molar-refractivity contribution < 1.29 is 29.1 Å². The summed E-state index contributed by atoms with van der Waals surface area (Å²) in [6.07, 6.45) is 3.57. The van der Waals surface area contributed by atoms with Crippen molar-refractivity contribution in [1.29, 1.82) is 0 Å². The minimum Gasteiger partial charge on any atom is -0.477 e. The van der Waals surface area contributed by atoms with E-state index in [1.54, 1.807) is 37.4 Å². The number of carboxylic acids is 1. The normalized spacial score (nSPS) is 18.5. The van der Waals surface area contributed by atoms with Gasteiger partial charge in [-0.3, -0.25) is 29.1 Å². The van der Waals surface area contributed by atoms with E-state index in [1.807, 2.05) is 0 Å². The van der Waals surface area contributed by atoms with E-state index in [9.17, 15) is 29.1 Å². The number of β-lactam (4-membered cyclic amide) rings is 1. The molecule has 42 heavy (non-hydrogen) atoms. The van der Waals surface area contributed by atoms with E-state index in [4.69, 9.17) is 4.84 Å². The largest absolute Gasteiger partial charge is 0.477 e. The van der Waals surface area contributed by atoms with Crippen molar-refractivity contribution in [3.63, 3.8) is 0 Å². The van der Waals surface area contributed by atoms with E-state index >= 15 is 0 Å². The monoisotopic (exact) mass is 613 g/mol. The van der Waals surface area contributed by atoms with Crippen LogP contribution in [0.2, 0.25) is 0 Å². The zero-order valence-electron chi connectivity index (χ0n) is 21.8. The lowest BCUT2D eigenvalue weighted by Gasteiger charge is -2.49. The molecular weight excluding hydrogens is 590 g/mol. The number of thioether (sulfide) groups is 2. The van der Waals surface area contributed by atoms with Gasteiger partial charge in [-0.15, -0.1) is 21.6 Å². The van der Waals surface area contributed by atoms with Gasteiger partial charge in [-0.2, -0.15) is 0 Å². The number of amides is 3. The summed E-state index contributed by atoms with van der Waals surface area (Å²) in [6, 6.07) is 6.15. The Morgan fingerprint density at radius 3 is 2.71 bits per heavy atom. The number of nitrogens with one attached hydrogen (secondary N) is 2. The molecule has 18 heteroatoms. The molecule has 0 spiro atoms. The Bertz CT molecular complexity index is 1610. The summed E-state index contributed by atoms with van der Waals surface area (Å²) in [5, 5.41) is 26.2. The first-order valence-corrected chi connectivity index (χ1v) is 14.3. The second-order valence-electron chi connectivity index (χ2n) is 8.95. The molecule has 0 bridgehead atoms. The second-order valence-corrected chi connectivity index (χ2v) is 11.0. The molecule has 3 aromatic rings. The first-order valence-electron chi connectivity index (χ1n) is 12.3. The van der Waals surface area contributed by atoms with Crippen molar-refractivity contribution >= 4 is 47.2 Å². The van der Waals surface area contributed by atoms with Crippen LogP contribution >= 0.6 is 23.5 Å². The number of tetrazole rings is 1. The first kappa shape index (κ1) is 28.8. The number of hydrogen-bond donors (Lipinski definition) is 3. The summed E-state index contributed by atoms with van der Waals surface area (Å²) in [7, 11) is 1.66. The van der Waals surface area contributed by atoms with E-state index in [0.29, 0.717) is 22.0 Å². The van der Waals surface area contributed by atoms with Gasteiger partial charge in [0.05, 0.1) is 12.4 Å². The fourth-order valence-corrected chi connectivity index (χ4v) is 6.58. The molecule has 2 aliphatic heterocycles. The molecule has 2 aromatic heterocycles. The standard InChI is InChI=1S/C24H23N9O7S2/c1-31-24(28-29-30-31)42-12-14-11-41-22-18(21(37)33(22)19(14)23(38)39)27-20(36)17(13-5-3-2-4-6-13)26-15(34)10-40-32-8-7-25-9-16(32)35/h2-9,17-18,22H,10-12H2,1H3,(H,26,34)(H,27,36)(H,38,39)/t17?,18?,22-/m1/s1. The van der Waals surface area contributed by atoms with Crippen molar-refractivity contribution in [2.75, 3.05) is 18.1 Å². The number of rotatable bonds is 11. The fourth-order valence-electron chi connectivity index (χ4n) is 4.25. The number of aliphatic carboxylic acids is 1. The van der Waals surface area contributed by atoms with Crippen LogP contribution in [0.4, 0.5) is 0 Å². The van der Waals surface area contributed by atoms with Gasteiger partial charge < -0.3 is 20.6 Å². The quantitative estimate of drug-likeness (QED) is 0.168. The van der Waals surface area contributed by atoms with Crippen LogP contribution in [0.1, 0.15) is 11.6 Å². The molecule has 3 N–H and O–H groups in total. The van der Waals surface area contributed by atoms with Gasteiger partial charge in [0, 0.05) is 24.8 Å². The van der Waals surface area contributed by atoms with Gasteiger partial charge >= 0.3 is 11.5 Å². The minimum atomic E-state index is -1.26. The third-order valence-electron chi connectivity index (χ3n) is 6.23. The highest BCUT2D eigenvalue weighted by molar-refractivity contribution is 8.01. The van der Waals surface area contributed by atoms with Crippen LogP contribution in [0.15, 0.2) is 70.1 Å². The predicted molar refractivity (Wildman–Crippen MR) is 146 cm³/mol. The number of nitrogens with zero attached hydrogens (tertiary/aromatic N) is 7. The number of carbonyl (C=O) groups is 4. The van der Waals surface area contributed by atoms with Crippen LogP contribution in [0.25, 0.3) is 0 Å². The summed E-state index contributed by atoms with van der Waals surface area (Å²) in [5.41, 5.74) is 0.252. The molecule has 0 radical (unpaired) electrons. The van der Waals surface area contributed by atoms with Crippen LogP contribution in [0, 0.1) is 0 Å². The van der Waals surface area contributed by atoms with E-state index < -0.39 is 53.3 Å². The highest BCUT2D eigenvalue weighted by atomic mass is 32.2. The SMILES string of the molecule is Cn1nnnc1SCC1=C(C(=O)O)N2C(=O)C(NC(=O)C(NC(=O)COn3ccncc3=O)c3ccccc3)[C@H]2SC1. The highest BCUT2D eigenvalue weighted by Crippen LogP contribution is 2.41. The molecule has 3 atom stereocenters. The number of carboxylic acid groups (broad SMARTS) is 1. The van der Waals surface area contributed by atoms with E-state index in [-0.39, 0.29) is 11.4 Å². The van der Waals surface area contributed by atoms with E-state index in [2.05, 4.69) is 31.1 Å². The van der Waals surface area contributed by atoms with Crippen molar-refractivity contribution in [3.05, 3.63) is 76.1 Å². The number of benzene rings is 1. The van der Waals surface area contributed by atoms with Gasteiger partial charge in [0.15, 0.2) is 6.61 Å². The molecule has 4 heterocycles. The molecule has 2 aliphatic rings. The van der Waals surface area contributed by atoms with Gasteiger partial charge in [0.2, 0.25) is 11.1 Å². The van der Waals surface area contributed by atoms with Crippen LogP contribution < -0.4 is 21.0 Å². The molecule has 1 saturated heterocycles. The van der Waals surface area contributed by atoms with Gasteiger partial charge in [0.1, 0.15) is 23.2 Å². The van der Waals surface area contributed by atoms with Crippen molar-refractivity contribution in [3.8, 4) is 0 Å². The van der Waals surface area contributed by atoms with Crippen LogP contribution in [0.5, 0.6) is 0 Å². The van der Waals surface area contributed by atoms with Crippen LogP contribution in [0.3, 0.4) is 0 Å². The first-order chi connectivity index (χ1) is 20.2. The number of aryl methyl sites for hydroxylation is 1. The Morgan fingerprint density at radius 2 is 2.02 bits per heavy atom. The smallest absolute Gasteiger partial charge is 0.352 e. The van der Waals surface area contributed by atoms with Crippen LogP contribution in [-0.4, -0.2) is 93.1 Å². The lowest BCUT2D eigenvalue weighted by molar-refractivity contribution is -0.151.